The molecule has 0 fully saturated rings. The van der Waals surface area contributed by atoms with E-state index in [-0.39, 0.29) is 5.78 Å². The topological polar surface area (TPSA) is 34.1 Å². The Labute approximate surface area is 83.9 Å². The van der Waals surface area contributed by atoms with Crippen molar-refractivity contribution >= 4 is 12.1 Å². The number of hydrogen-bond donors (Lipinski definition) is 0. The van der Waals surface area contributed by atoms with Crippen molar-refractivity contribution in [2.24, 2.45) is 5.92 Å². The van der Waals surface area contributed by atoms with Crippen LogP contribution in [0.15, 0.2) is 24.3 Å². The highest BCUT2D eigenvalue weighted by molar-refractivity contribution is 5.96. The van der Waals surface area contributed by atoms with Crippen molar-refractivity contribution in [3.05, 3.63) is 35.4 Å². The molecule has 2 heteroatoms. The zero-order valence-electron chi connectivity index (χ0n) is 8.49. The Morgan fingerprint density at radius 3 is 2.29 bits per heavy atom. The highest BCUT2D eigenvalue weighted by Crippen LogP contribution is 2.09. The first-order valence-electron chi connectivity index (χ1n) is 4.72. The van der Waals surface area contributed by atoms with Gasteiger partial charge < -0.3 is 0 Å². The lowest BCUT2D eigenvalue weighted by Gasteiger charge is -2.03. The Morgan fingerprint density at radius 2 is 1.86 bits per heavy atom. The molecule has 0 saturated carbocycles. The molecule has 0 unspecified atom stereocenters. The number of carbonyl (C=O) groups is 2. The van der Waals surface area contributed by atoms with Gasteiger partial charge in [-0.2, -0.15) is 0 Å². The fourth-order valence-corrected chi connectivity index (χ4v) is 1.24. The highest BCUT2D eigenvalue weighted by atomic mass is 16.1. The van der Waals surface area contributed by atoms with Gasteiger partial charge in [-0.3, -0.25) is 9.59 Å². The molecule has 0 aliphatic rings. The second-order valence-corrected chi connectivity index (χ2v) is 3.76. The lowest BCUT2D eigenvalue weighted by molar-refractivity contribution is 0.0967. The lowest BCUT2D eigenvalue weighted by atomic mass is 10.0. The summed E-state index contributed by atoms with van der Waals surface area (Å²) in [4.78, 5) is 21.9. The van der Waals surface area contributed by atoms with E-state index in [1.807, 2.05) is 13.8 Å². The quantitative estimate of drug-likeness (QED) is 0.540. The minimum absolute atomic E-state index is 0.137. The summed E-state index contributed by atoms with van der Waals surface area (Å²) in [5.41, 5.74) is 1.29. The van der Waals surface area contributed by atoms with Gasteiger partial charge in [0.2, 0.25) is 0 Å². The molecule has 0 heterocycles. The summed E-state index contributed by atoms with van der Waals surface area (Å²) in [5.74, 6) is 0.505. The van der Waals surface area contributed by atoms with Crippen molar-refractivity contribution < 1.29 is 9.59 Å². The van der Waals surface area contributed by atoms with Crippen LogP contribution in [0.4, 0.5) is 0 Å². The predicted molar refractivity (Wildman–Crippen MR) is 55.6 cm³/mol. The van der Waals surface area contributed by atoms with Crippen molar-refractivity contribution in [2.75, 3.05) is 0 Å². The van der Waals surface area contributed by atoms with Crippen molar-refractivity contribution in [3.8, 4) is 0 Å². The Morgan fingerprint density at radius 1 is 1.29 bits per heavy atom. The Hall–Kier alpha value is -1.44. The van der Waals surface area contributed by atoms with Gasteiger partial charge in [-0.25, -0.2) is 0 Å². The van der Waals surface area contributed by atoms with Gasteiger partial charge >= 0.3 is 0 Å². The summed E-state index contributed by atoms with van der Waals surface area (Å²) >= 11 is 0. The van der Waals surface area contributed by atoms with E-state index in [1.54, 1.807) is 24.3 Å². The maximum absolute atomic E-state index is 11.6. The van der Waals surface area contributed by atoms with Crippen molar-refractivity contribution in [1.82, 2.24) is 0 Å². The fourth-order valence-electron chi connectivity index (χ4n) is 1.24. The fraction of sp³-hybridized carbons (Fsp3) is 0.333. The molecule has 0 spiro atoms. The zero-order chi connectivity index (χ0) is 10.6. The third kappa shape index (κ3) is 2.80. The first-order valence-corrected chi connectivity index (χ1v) is 4.72. The van der Waals surface area contributed by atoms with Crippen LogP contribution in [0.1, 0.15) is 41.0 Å². The molecular formula is C12H14O2. The van der Waals surface area contributed by atoms with Gasteiger partial charge in [0.25, 0.3) is 0 Å². The van der Waals surface area contributed by atoms with E-state index in [1.165, 1.54) is 0 Å². The van der Waals surface area contributed by atoms with Crippen LogP contribution in [0.25, 0.3) is 0 Å². The molecule has 0 atom stereocenters. The Bertz CT molecular complexity index is 323. The van der Waals surface area contributed by atoms with E-state index in [0.29, 0.717) is 23.5 Å². The van der Waals surface area contributed by atoms with Gasteiger partial charge in [-0.1, -0.05) is 38.1 Å². The molecule has 0 bridgehead atoms. The molecule has 0 radical (unpaired) electrons. The van der Waals surface area contributed by atoms with Crippen molar-refractivity contribution in [2.45, 2.75) is 20.3 Å². The molecular weight excluding hydrogens is 176 g/mol. The van der Waals surface area contributed by atoms with Gasteiger partial charge in [0.05, 0.1) is 0 Å². The monoisotopic (exact) mass is 190 g/mol. The Balaban J connectivity index is 2.76. The summed E-state index contributed by atoms with van der Waals surface area (Å²) in [5, 5.41) is 0. The van der Waals surface area contributed by atoms with Crippen molar-refractivity contribution in [3.63, 3.8) is 0 Å². The molecule has 0 saturated heterocycles. The van der Waals surface area contributed by atoms with E-state index in [0.717, 1.165) is 6.29 Å². The SMILES string of the molecule is CC(C)CC(=O)c1ccc(C=O)cc1. The number of Topliss-reactive ketones (excluding diaryl/α,β-unsaturated/α-hetero) is 1. The van der Waals surface area contributed by atoms with Gasteiger partial charge in [0.15, 0.2) is 5.78 Å². The standard InChI is InChI=1S/C12H14O2/c1-9(2)7-12(14)11-5-3-10(8-13)4-6-11/h3-6,8-9H,7H2,1-2H3. The Kier molecular flexibility index (Phi) is 3.57. The van der Waals surface area contributed by atoms with E-state index in [2.05, 4.69) is 0 Å². The molecule has 0 N–H and O–H groups in total. The predicted octanol–water partition coefficient (Wildman–Crippen LogP) is 2.73. The first kappa shape index (κ1) is 10.6. The summed E-state index contributed by atoms with van der Waals surface area (Å²) < 4.78 is 0. The molecule has 0 aromatic heterocycles. The van der Waals surface area contributed by atoms with E-state index < -0.39 is 0 Å². The van der Waals surface area contributed by atoms with Crippen LogP contribution >= 0.6 is 0 Å². The summed E-state index contributed by atoms with van der Waals surface area (Å²) in [6.45, 7) is 4.02. The number of aldehydes is 1. The van der Waals surface area contributed by atoms with Crippen LogP contribution in [0.3, 0.4) is 0 Å². The summed E-state index contributed by atoms with van der Waals surface area (Å²) in [6.07, 6.45) is 1.33. The molecule has 0 amide bonds. The van der Waals surface area contributed by atoms with Crippen LogP contribution in [0.5, 0.6) is 0 Å². The van der Waals surface area contributed by atoms with E-state index >= 15 is 0 Å². The van der Waals surface area contributed by atoms with Crippen LogP contribution in [-0.4, -0.2) is 12.1 Å². The summed E-state index contributed by atoms with van der Waals surface area (Å²) in [6, 6.07) is 6.74. The van der Waals surface area contributed by atoms with Gasteiger partial charge in [0.1, 0.15) is 6.29 Å². The number of rotatable bonds is 4. The van der Waals surface area contributed by atoms with Crippen LogP contribution < -0.4 is 0 Å². The van der Waals surface area contributed by atoms with Gasteiger partial charge in [-0.05, 0) is 5.92 Å². The molecule has 1 aromatic carbocycles. The molecule has 0 aliphatic carbocycles. The minimum atomic E-state index is 0.137. The molecule has 2 nitrogen and oxygen atoms in total. The van der Waals surface area contributed by atoms with Crippen LogP contribution in [-0.2, 0) is 0 Å². The largest absolute Gasteiger partial charge is 0.298 e. The second-order valence-electron chi connectivity index (χ2n) is 3.76. The lowest BCUT2D eigenvalue weighted by Crippen LogP contribution is -2.03. The third-order valence-corrected chi connectivity index (χ3v) is 1.96. The number of carbonyl (C=O) groups excluding carboxylic acids is 2. The number of ketones is 1. The molecule has 1 aromatic rings. The second kappa shape index (κ2) is 4.70. The molecule has 0 aliphatic heterocycles. The number of hydrogen-bond acceptors (Lipinski definition) is 2. The third-order valence-electron chi connectivity index (χ3n) is 1.96. The summed E-state index contributed by atoms with van der Waals surface area (Å²) in [7, 11) is 0. The van der Waals surface area contributed by atoms with Gasteiger partial charge in [0, 0.05) is 17.5 Å². The minimum Gasteiger partial charge on any atom is -0.298 e. The zero-order valence-corrected chi connectivity index (χ0v) is 8.49. The smallest absolute Gasteiger partial charge is 0.163 e. The van der Waals surface area contributed by atoms with Gasteiger partial charge in [-0.15, -0.1) is 0 Å². The van der Waals surface area contributed by atoms with Crippen LogP contribution in [0.2, 0.25) is 0 Å². The molecule has 74 valence electrons. The maximum Gasteiger partial charge on any atom is 0.163 e. The van der Waals surface area contributed by atoms with E-state index in [9.17, 15) is 9.59 Å². The average molecular weight is 190 g/mol. The normalized spacial score (nSPS) is 10.2. The molecule has 14 heavy (non-hydrogen) atoms. The van der Waals surface area contributed by atoms with Crippen LogP contribution in [0, 0.1) is 5.92 Å². The number of benzene rings is 1. The van der Waals surface area contributed by atoms with Crippen molar-refractivity contribution in [1.29, 1.82) is 0 Å². The first-order chi connectivity index (χ1) is 6.63. The maximum atomic E-state index is 11.6. The highest BCUT2D eigenvalue weighted by Gasteiger charge is 2.07. The van der Waals surface area contributed by atoms with E-state index in [4.69, 9.17) is 0 Å². The molecule has 1 rings (SSSR count). The average Bonchev–Trinajstić information content (AvgIpc) is 2.17.